The van der Waals surface area contributed by atoms with Crippen LogP contribution in [0.1, 0.15) is 24.8 Å². The smallest absolute Gasteiger partial charge is 0.246 e. The van der Waals surface area contributed by atoms with Crippen LogP contribution in [-0.4, -0.2) is 43.0 Å². The van der Waals surface area contributed by atoms with Crippen LogP contribution in [0.5, 0.6) is 11.5 Å². The molecule has 1 N–H and O–H groups in total. The van der Waals surface area contributed by atoms with E-state index < -0.39 is 0 Å². The molecule has 0 bridgehead atoms. The molecule has 2 heterocycles. The minimum atomic E-state index is -0.108. The molecule has 1 saturated heterocycles. The van der Waals surface area contributed by atoms with Gasteiger partial charge in [0.15, 0.2) is 11.5 Å². The highest BCUT2D eigenvalue weighted by atomic mass is 16.5. The summed E-state index contributed by atoms with van der Waals surface area (Å²) in [6.07, 6.45) is 5.58. The number of rotatable bonds is 4. The third-order valence-electron chi connectivity index (χ3n) is 5.41. The summed E-state index contributed by atoms with van der Waals surface area (Å²) in [5.41, 5.74) is 1.70. The monoisotopic (exact) mass is 406 g/mol. The Balaban J connectivity index is 1.28. The molecular formula is C24H26N2O4. The van der Waals surface area contributed by atoms with Gasteiger partial charge in [0.05, 0.1) is 13.2 Å². The molecule has 2 aliphatic rings. The summed E-state index contributed by atoms with van der Waals surface area (Å²) in [5.74, 6) is 1.23. The average Bonchev–Trinajstić information content (AvgIpc) is 3.03. The standard InChI is InChI=1S/C24H26N2O4/c27-23(10-7-18-5-2-1-3-6-18)26-13-11-19(12-14-26)24(28)25-20-8-9-21-22(17-20)30-16-4-15-29-21/h1-3,5-10,17,19H,4,11-16H2,(H,25,28). The maximum Gasteiger partial charge on any atom is 0.246 e. The molecule has 0 aromatic heterocycles. The fourth-order valence-corrected chi connectivity index (χ4v) is 3.68. The predicted octanol–water partition coefficient (Wildman–Crippen LogP) is 3.74. The van der Waals surface area contributed by atoms with Crippen LogP contribution in [0.4, 0.5) is 5.69 Å². The molecule has 0 spiro atoms. The molecule has 4 rings (SSSR count). The summed E-state index contributed by atoms with van der Waals surface area (Å²) in [7, 11) is 0. The lowest BCUT2D eigenvalue weighted by Crippen LogP contribution is -2.40. The van der Waals surface area contributed by atoms with Crippen LogP contribution < -0.4 is 14.8 Å². The van der Waals surface area contributed by atoms with Gasteiger partial charge in [0.2, 0.25) is 11.8 Å². The second-order valence-electron chi connectivity index (χ2n) is 7.54. The van der Waals surface area contributed by atoms with Crippen molar-refractivity contribution in [1.82, 2.24) is 4.90 Å². The number of fused-ring (bicyclic) bond motifs is 1. The lowest BCUT2D eigenvalue weighted by atomic mass is 9.95. The number of hydrogen-bond donors (Lipinski definition) is 1. The van der Waals surface area contributed by atoms with Crippen LogP contribution in [0.3, 0.4) is 0 Å². The molecule has 0 atom stereocenters. The van der Waals surface area contributed by atoms with Crippen molar-refractivity contribution in [2.75, 3.05) is 31.6 Å². The van der Waals surface area contributed by atoms with Crippen molar-refractivity contribution in [3.05, 3.63) is 60.2 Å². The number of anilines is 1. The molecular weight excluding hydrogens is 380 g/mol. The van der Waals surface area contributed by atoms with Gasteiger partial charge in [0.1, 0.15) is 0 Å². The van der Waals surface area contributed by atoms with Crippen LogP contribution in [0.25, 0.3) is 6.08 Å². The number of carbonyl (C=O) groups excluding carboxylic acids is 2. The average molecular weight is 406 g/mol. The summed E-state index contributed by atoms with van der Waals surface area (Å²) in [6.45, 7) is 2.40. The van der Waals surface area contributed by atoms with Crippen molar-refractivity contribution < 1.29 is 19.1 Å². The molecule has 6 heteroatoms. The minimum absolute atomic E-state index is 0.0133. The van der Waals surface area contributed by atoms with Crippen LogP contribution in [0, 0.1) is 5.92 Å². The maximum atomic E-state index is 12.7. The Hall–Kier alpha value is -3.28. The Morgan fingerprint density at radius 1 is 0.967 bits per heavy atom. The highest BCUT2D eigenvalue weighted by Gasteiger charge is 2.27. The van der Waals surface area contributed by atoms with Gasteiger partial charge in [-0.25, -0.2) is 0 Å². The lowest BCUT2D eigenvalue weighted by Gasteiger charge is -2.30. The van der Waals surface area contributed by atoms with Crippen LogP contribution >= 0.6 is 0 Å². The fourth-order valence-electron chi connectivity index (χ4n) is 3.68. The molecule has 1 fully saturated rings. The minimum Gasteiger partial charge on any atom is -0.490 e. The van der Waals surface area contributed by atoms with Gasteiger partial charge >= 0.3 is 0 Å². The van der Waals surface area contributed by atoms with Crippen molar-refractivity contribution in [2.45, 2.75) is 19.3 Å². The van der Waals surface area contributed by atoms with E-state index in [4.69, 9.17) is 9.47 Å². The van der Waals surface area contributed by atoms with Crippen LogP contribution in [0.2, 0.25) is 0 Å². The van der Waals surface area contributed by atoms with E-state index in [2.05, 4.69) is 5.32 Å². The van der Waals surface area contributed by atoms with E-state index in [1.807, 2.05) is 54.6 Å². The number of hydrogen-bond acceptors (Lipinski definition) is 4. The Kier molecular flexibility index (Phi) is 6.32. The highest BCUT2D eigenvalue weighted by molar-refractivity contribution is 5.94. The Labute approximate surface area is 176 Å². The van der Waals surface area contributed by atoms with Crippen LogP contribution in [0.15, 0.2) is 54.6 Å². The number of benzene rings is 2. The largest absolute Gasteiger partial charge is 0.490 e. The van der Waals surface area contributed by atoms with Gasteiger partial charge in [-0.3, -0.25) is 9.59 Å². The van der Waals surface area contributed by atoms with Gasteiger partial charge in [-0.05, 0) is 36.6 Å². The first-order valence-electron chi connectivity index (χ1n) is 10.4. The molecule has 2 aromatic carbocycles. The van der Waals surface area contributed by atoms with Crippen LogP contribution in [-0.2, 0) is 9.59 Å². The zero-order chi connectivity index (χ0) is 20.8. The number of nitrogens with one attached hydrogen (secondary N) is 1. The van der Waals surface area contributed by atoms with Crippen molar-refractivity contribution >= 4 is 23.6 Å². The van der Waals surface area contributed by atoms with Crippen molar-refractivity contribution in [1.29, 1.82) is 0 Å². The molecule has 0 unspecified atom stereocenters. The first-order chi connectivity index (χ1) is 14.7. The topological polar surface area (TPSA) is 67.9 Å². The Morgan fingerprint density at radius 3 is 2.47 bits per heavy atom. The summed E-state index contributed by atoms with van der Waals surface area (Å²) in [4.78, 5) is 26.9. The molecule has 2 aromatic rings. The molecule has 0 aliphatic carbocycles. The first-order valence-corrected chi connectivity index (χ1v) is 10.4. The molecule has 2 amide bonds. The van der Waals surface area contributed by atoms with E-state index in [0.717, 1.165) is 12.0 Å². The fraction of sp³-hybridized carbons (Fsp3) is 0.333. The number of ether oxygens (including phenoxy) is 2. The van der Waals surface area contributed by atoms with E-state index in [-0.39, 0.29) is 17.7 Å². The number of amides is 2. The Morgan fingerprint density at radius 2 is 1.70 bits per heavy atom. The van der Waals surface area contributed by atoms with Gasteiger partial charge in [-0.2, -0.15) is 0 Å². The molecule has 6 nitrogen and oxygen atoms in total. The lowest BCUT2D eigenvalue weighted by molar-refractivity contribution is -0.130. The van der Waals surface area contributed by atoms with Crippen molar-refractivity contribution in [3.8, 4) is 11.5 Å². The number of carbonyl (C=O) groups is 2. The number of likely N-dealkylation sites (tertiary alicyclic amines) is 1. The SMILES string of the molecule is O=C(Nc1ccc2c(c1)OCCCO2)C1CCN(C(=O)C=Cc2ccccc2)CC1. The van der Waals surface area contributed by atoms with E-state index in [1.54, 1.807) is 11.0 Å². The molecule has 0 saturated carbocycles. The van der Waals surface area contributed by atoms with Gasteiger partial charge in [-0.15, -0.1) is 0 Å². The van der Waals surface area contributed by atoms with Gasteiger partial charge in [0, 0.05) is 43.3 Å². The second-order valence-corrected chi connectivity index (χ2v) is 7.54. The maximum absolute atomic E-state index is 12.7. The van der Waals surface area contributed by atoms with Gasteiger partial charge in [0.25, 0.3) is 0 Å². The zero-order valence-electron chi connectivity index (χ0n) is 16.9. The normalized spacial score (nSPS) is 16.9. The van der Waals surface area contributed by atoms with E-state index in [9.17, 15) is 9.59 Å². The molecule has 30 heavy (non-hydrogen) atoms. The Bertz CT molecular complexity index is 918. The van der Waals surface area contributed by atoms with Crippen molar-refractivity contribution in [3.63, 3.8) is 0 Å². The number of nitrogens with zero attached hydrogens (tertiary/aromatic N) is 1. The van der Waals surface area contributed by atoms with Crippen molar-refractivity contribution in [2.24, 2.45) is 5.92 Å². The van der Waals surface area contributed by atoms with E-state index in [0.29, 0.717) is 56.3 Å². The summed E-state index contributed by atoms with van der Waals surface area (Å²) in [5, 5.41) is 2.98. The predicted molar refractivity (Wildman–Crippen MR) is 115 cm³/mol. The third kappa shape index (κ3) is 5.00. The van der Waals surface area contributed by atoms with E-state index >= 15 is 0 Å². The summed E-state index contributed by atoms with van der Waals surface area (Å²) >= 11 is 0. The summed E-state index contributed by atoms with van der Waals surface area (Å²) < 4.78 is 11.3. The highest BCUT2D eigenvalue weighted by Crippen LogP contribution is 2.32. The molecule has 2 aliphatic heterocycles. The van der Waals surface area contributed by atoms with Gasteiger partial charge in [-0.1, -0.05) is 30.3 Å². The quantitative estimate of drug-likeness (QED) is 0.786. The van der Waals surface area contributed by atoms with E-state index in [1.165, 1.54) is 0 Å². The molecule has 156 valence electrons. The number of piperidine rings is 1. The van der Waals surface area contributed by atoms with Gasteiger partial charge < -0.3 is 19.7 Å². The molecule has 0 radical (unpaired) electrons. The second kappa shape index (κ2) is 9.48. The third-order valence-corrected chi connectivity index (χ3v) is 5.41. The summed E-state index contributed by atoms with van der Waals surface area (Å²) in [6, 6.07) is 15.2. The zero-order valence-corrected chi connectivity index (χ0v) is 16.9. The first kappa shape index (κ1) is 20.0.